The summed E-state index contributed by atoms with van der Waals surface area (Å²) >= 11 is 0. The zero-order valence-electron chi connectivity index (χ0n) is 9.74. The molecule has 0 bridgehead atoms. The van der Waals surface area contributed by atoms with Crippen molar-refractivity contribution in [2.45, 2.75) is 19.3 Å². The zero-order chi connectivity index (χ0) is 11.8. The van der Waals surface area contributed by atoms with E-state index in [0.717, 1.165) is 32.5 Å². The van der Waals surface area contributed by atoms with E-state index in [1.165, 1.54) is 6.42 Å². The highest BCUT2D eigenvalue weighted by Crippen LogP contribution is 2.18. The van der Waals surface area contributed by atoms with Crippen LogP contribution in [0.5, 0.6) is 0 Å². The second kappa shape index (κ2) is 7.26. The van der Waals surface area contributed by atoms with Gasteiger partial charge < -0.3 is 11.1 Å². The Labute approximate surface area is 97.6 Å². The van der Waals surface area contributed by atoms with E-state index in [1.54, 1.807) is 0 Å². The molecule has 0 aromatic carbocycles. The summed E-state index contributed by atoms with van der Waals surface area (Å²) in [7, 11) is 0. The van der Waals surface area contributed by atoms with Crippen molar-refractivity contribution in [3.8, 4) is 12.3 Å². The molecule has 1 fully saturated rings. The number of piperidine rings is 1. The molecule has 1 amide bonds. The lowest BCUT2D eigenvalue weighted by molar-refractivity contribution is -0.122. The molecule has 0 radical (unpaired) electrons. The number of nitrogens with zero attached hydrogens (tertiary/aromatic N) is 1. The quantitative estimate of drug-likeness (QED) is 0.634. The molecule has 0 spiro atoms. The van der Waals surface area contributed by atoms with Crippen LogP contribution in [-0.2, 0) is 4.79 Å². The average molecular weight is 223 g/mol. The number of hydrogen-bond acceptors (Lipinski definition) is 3. The monoisotopic (exact) mass is 223 g/mol. The number of carbonyl (C=O) groups is 1. The van der Waals surface area contributed by atoms with E-state index < -0.39 is 0 Å². The molecular formula is C12H21N3O. The van der Waals surface area contributed by atoms with Crippen LogP contribution >= 0.6 is 0 Å². The number of terminal acetylenes is 1. The molecule has 0 aromatic heterocycles. The van der Waals surface area contributed by atoms with E-state index in [4.69, 9.17) is 12.2 Å². The Morgan fingerprint density at radius 2 is 2.44 bits per heavy atom. The first-order chi connectivity index (χ1) is 7.76. The van der Waals surface area contributed by atoms with Gasteiger partial charge in [0.05, 0.1) is 13.1 Å². The zero-order valence-corrected chi connectivity index (χ0v) is 9.74. The first-order valence-corrected chi connectivity index (χ1v) is 5.89. The molecular weight excluding hydrogens is 202 g/mol. The fourth-order valence-electron chi connectivity index (χ4n) is 2.17. The molecule has 1 atom stereocenters. The minimum absolute atomic E-state index is 0.0198. The van der Waals surface area contributed by atoms with Gasteiger partial charge in [-0.15, -0.1) is 6.42 Å². The summed E-state index contributed by atoms with van der Waals surface area (Å²) < 4.78 is 0. The smallest absolute Gasteiger partial charge is 0.234 e. The van der Waals surface area contributed by atoms with Gasteiger partial charge in [0.2, 0.25) is 5.91 Å². The maximum absolute atomic E-state index is 11.5. The first kappa shape index (κ1) is 13.0. The van der Waals surface area contributed by atoms with Crippen molar-refractivity contribution < 1.29 is 4.79 Å². The van der Waals surface area contributed by atoms with Crippen LogP contribution in [0.3, 0.4) is 0 Å². The van der Waals surface area contributed by atoms with Crippen LogP contribution in [0.25, 0.3) is 0 Å². The predicted molar refractivity (Wildman–Crippen MR) is 64.7 cm³/mol. The van der Waals surface area contributed by atoms with Crippen LogP contribution in [0.15, 0.2) is 0 Å². The van der Waals surface area contributed by atoms with Gasteiger partial charge in [-0.1, -0.05) is 5.92 Å². The number of likely N-dealkylation sites (tertiary alicyclic amines) is 1. The van der Waals surface area contributed by atoms with Crippen LogP contribution in [0.4, 0.5) is 0 Å². The van der Waals surface area contributed by atoms with Crippen LogP contribution in [0.2, 0.25) is 0 Å². The molecule has 0 aliphatic carbocycles. The number of hydrogen-bond donors (Lipinski definition) is 2. The lowest BCUT2D eigenvalue weighted by atomic mass is 9.95. The maximum Gasteiger partial charge on any atom is 0.234 e. The van der Waals surface area contributed by atoms with Crippen molar-refractivity contribution >= 4 is 5.91 Å². The van der Waals surface area contributed by atoms with E-state index in [2.05, 4.69) is 16.1 Å². The summed E-state index contributed by atoms with van der Waals surface area (Å²) in [5.41, 5.74) is 5.55. The van der Waals surface area contributed by atoms with E-state index >= 15 is 0 Å². The summed E-state index contributed by atoms with van der Waals surface area (Å²) in [6.45, 7) is 3.51. The molecule has 0 aromatic rings. The molecule has 1 heterocycles. The molecule has 90 valence electrons. The minimum atomic E-state index is 0.0198. The SMILES string of the molecule is C#CCNC(=O)CN1CCCC(CCN)C1. The Morgan fingerprint density at radius 1 is 1.62 bits per heavy atom. The molecule has 16 heavy (non-hydrogen) atoms. The lowest BCUT2D eigenvalue weighted by Gasteiger charge is -2.31. The Hall–Kier alpha value is -1.05. The maximum atomic E-state index is 11.5. The summed E-state index contributed by atoms with van der Waals surface area (Å²) in [5.74, 6) is 3.07. The standard InChI is InChI=1S/C12H21N3O/c1-2-7-14-12(16)10-15-8-3-4-11(9-15)5-6-13/h1,11H,3-10,13H2,(H,14,16). The molecule has 1 unspecified atom stereocenters. The third-order valence-electron chi connectivity index (χ3n) is 2.93. The van der Waals surface area contributed by atoms with Crippen LogP contribution in [0.1, 0.15) is 19.3 Å². The van der Waals surface area contributed by atoms with E-state index in [1.807, 2.05) is 0 Å². The molecule has 3 N–H and O–H groups in total. The Kier molecular flexibility index (Phi) is 5.91. The van der Waals surface area contributed by atoms with E-state index in [9.17, 15) is 4.79 Å². The van der Waals surface area contributed by atoms with Gasteiger partial charge in [0.1, 0.15) is 0 Å². The van der Waals surface area contributed by atoms with Gasteiger partial charge in [-0.25, -0.2) is 0 Å². The number of carbonyl (C=O) groups excluding carboxylic acids is 1. The third-order valence-corrected chi connectivity index (χ3v) is 2.93. The van der Waals surface area contributed by atoms with E-state index in [0.29, 0.717) is 19.0 Å². The molecule has 1 saturated heterocycles. The van der Waals surface area contributed by atoms with Crippen molar-refractivity contribution in [2.24, 2.45) is 11.7 Å². The van der Waals surface area contributed by atoms with Crippen molar-refractivity contribution in [3.63, 3.8) is 0 Å². The molecule has 0 saturated carbocycles. The first-order valence-electron chi connectivity index (χ1n) is 5.89. The normalized spacial score (nSPS) is 21.4. The average Bonchev–Trinajstić information content (AvgIpc) is 2.27. The molecule has 4 heteroatoms. The van der Waals surface area contributed by atoms with Gasteiger partial charge in [-0.3, -0.25) is 9.69 Å². The number of nitrogens with one attached hydrogen (secondary N) is 1. The second-order valence-electron chi connectivity index (χ2n) is 4.30. The number of rotatable bonds is 5. The highest BCUT2D eigenvalue weighted by Gasteiger charge is 2.20. The van der Waals surface area contributed by atoms with Gasteiger partial charge in [0.25, 0.3) is 0 Å². The van der Waals surface area contributed by atoms with E-state index in [-0.39, 0.29) is 5.91 Å². The second-order valence-corrected chi connectivity index (χ2v) is 4.30. The van der Waals surface area contributed by atoms with Crippen molar-refractivity contribution in [3.05, 3.63) is 0 Å². The Balaban J connectivity index is 2.26. The largest absolute Gasteiger partial charge is 0.344 e. The minimum Gasteiger partial charge on any atom is -0.344 e. The summed E-state index contributed by atoms with van der Waals surface area (Å²) in [6.07, 6.45) is 8.53. The van der Waals surface area contributed by atoms with Gasteiger partial charge in [0, 0.05) is 6.54 Å². The summed E-state index contributed by atoms with van der Waals surface area (Å²) in [4.78, 5) is 13.7. The molecule has 1 aliphatic rings. The van der Waals surface area contributed by atoms with Gasteiger partial charge in [-0.2, -0.15) is 0 Å². The van der Waals surface area contributed by atoms with Crippen molar-refractivity contribution in [1.82, 2.24) is 10.2 Å². The van der Waals surface area contributed by atoms with Crippen molar-refractivity contribution in [2.75, 3.05) is 32.7 Å². The Bertz CT molecular complexity index is 257. The molecule has 1 aliphatic heterocycles. The topological polar surface area (TPSA) is 58.4 Å². The summed E-state index contributed by atoms with van der Waals surface area (Å²) in [6, 6.07) is 0. The fourth-order valence-corrected chi connectivity index (χ4v) is 2.17. The van der Waals surface area contributed by atoms with Crippen molar-refractivity contribution in [1.29, 1.82) is 0 Å². The van der Waals surface area contributed by atoms with Crippen LogP contribution in [0, 0.1) is 18.3 Å². The van der Waals surface area contributed by atoms with Gasteiger partial charge in [0.15, 0.2) is 0 Å². The van der Waals surface area contributed by atoms with Crippen LogP contribution < -0.4 is 11.1 Å². The van der Waals surface area contributed by atoms with Gasteiger partial charge in [-0.05, 0) is 38.3 Å². The number of nitrogens with two attached hydrogens (primary N) is 1. The fraction of sp³-hybridized carbons (Fsp3) is 0.750. The highest BCUT2D eigenvalue weighted by molar-refractivity contribution is 5.78. The lowest BCUT2D eigenvalue weighted by Crippen LogP contribution is -2.42. The molecule has 1 rings (SSSR count). The number of amides is 1. The predicted octanol–water partition coefficient (Wildman–Crippen LogP) is -0.203. The third kappa shape index (κ3) is 4.65. The van der Waals surface area contributed by atoms with Crippen LogP contribution in [-0.4, -0.2) is 43.5 Å². The van der Waals surface area contributed by atoms with Gasteiger partial charge >= 0.3 is 0 Å². The highest BCUT2D eigenvalue weighted by atomic mass is 16.2. The summed E-state index contributed by atoms with van der Waals surface area (Å²) in [5, 5.41) is 2.69. The Morgan fingerprint density at radius 3 is 3.12 bits per heavy atom. The molecule has 4 nitrogen and oxygen atoms in total.